The quantitative estimate of drug-likeness (QED) is 0.824. The summed E-state index contributed by atoms with van der Waals surface area (Å²) in [6, 6.07) is 14.5. The molecule has 2 aromatic rings. The van der Waals surface area contributed by atoms with Crippen molar-refractivity contribution in [2.45, 2.75) is 6.54 Å². The molecule has 0 radical (unpaired) electrons. The molecule has 0 aliphatic heterocycles. The molecule has 0 spiro atoms. The van der Waals surface area contributed by atoms with Gasteiger partial charge in [0.2, 0.25) is 0 Å². The fraction of sp³-hybridized carbons (Fsp3) is 0.125. The smallest absolute Gasteiger partial charge is 0.313 e. The van der Waals surface area contributed by atoms with E-state index in [1.807, 2.05) is 30.3 Å². The van der Waals surface area contributed by atoms with Gasteiger partial charge in [-0.1, -0.05) is 57.9 Å². The van der Waals surface area contributed by atoms with Crippen LogP contribution >= 0.6 is 27.5 Å². The molecule has 2 rings (SSSR count). The fourth-order valence-corrected chi connectivity index (χ4v) is 2.59. The van der Waals surface area contributed by atoms with E-state index in [9.17, 15) is 9.59 Å². The van der Waals surface area contributed by atoms with Crippen molar-refractivity contribution in [3.8, 4) is 0 Å². The normalized spacial score (nSPS) is 10.1. The highest BCUT2D eigenvalue weighted by molar-refractivity contribution is 9.10. The Labute approximate surface area is 142 Å². The lowest BCUT2D eigenvalue weighted by Crippen LogP contribution is -2.36. The molecule has 1 N–H and O–H groups in total. The Morgan fingerprint density at radius 2 is 1.86 bits per heavy atom. The van der Waals surface area contributed by atoms with Crippen molar-refractivity contribution in [1.82, 2.24) is 4.90 Å². The molecule has 0 saturated heterocycles. The van der Waals surface area contributed by atoms with E-state index in [-0.39, 0.29) is 0 Å². The van der Waals surface area contributed by atoms with Gasteiger partial charge in [-0.25, -0.2) is 0 Å². The van der Waals surface area contributed by atoms with E-state index in [1.54, 1.807) is 25.2 Å². The van der Waals surface area contributed by atoms with Crippen LogP contribution in [0.5, 0.6) is 0 Å². The number of benzene rings is 2. The van der Waals surface area contributed by atoms with E-state index in [2.05, 4.69) is 21.2 Å². The van der Waals surface area contributed by atoms with Crippen LogP contribution in [0.3, 0.4) is 0 Å². The van der Waals surface area contributed by atoms with Crippen molar-refractivity contribution in [1.29, 1.82) is 0 Å². The van der Waals surface area contributed by atoms with Gasteiger partial charge in [0.05, 0.1) is 10.7 Å². The van der Waals surface area contributed by atoms with Crippen molar-refractivity contribution < 1.29 is 9.59 Å². The molecule has 0 aliphatic carbocycles. The molecule has 0 atom stereocenters. The number of hydrogen-bond acceptors (Lipinski definition) is 2. The van der Waals surface area contributed by atoms with E-state index < -0.39 is 11.8 Å². The van der Waals surface area contributed by atoms with Crippen LogP contribution in [-0.4, -0.2) is 23.8 Å². The summed E-state index contributed by atoms with van der Waals surface area (Å²) in [6.07, 6.45) is 0. The van der Waals surface area contributed by atoms with E-state index >= 15 is 0 Å². The summed E-state index contributed by atoms with van der Waals surface area (Å²) in [5.41, 5.74) is 1.35. The third-order valence-corrected chi connectivity index (χ3v) is 3.79. The number of likely N-dealkylation sites (N-methyl/N-ethyl adjacent to an activating group) is 1. The molecule has 2 aromatic carbocycles. The second-order valence-electron chi connectivity index (χ2n) is 4.73. The maximum atomic E-state index is 12.1. The monoisotopic (exact) mass is 380 g/mol. The zero-order chi connectivity index (χ0) is 16.1. The molecule has 0 unspecified atom stereocenters. The number of anilines is 1. The minimum absolute atomic E-state index is 0.362. The van der Waals surface area contributed by atoms with E-state index in [0.717, 1.165) is 10.0 Å². The van der Waals surface area contributed by atoms with Crippen molar-refractivity contribution in [2.24, 2.45) is 0 Å². The maximum Gasteiger partial charge on any atom is 0.313 e. The molecule has 0 saturated carbocycles. The Morgan fingerprint density at radius 1 is 1.18 bits per heavy atom. The van der Waals surface area contributed by atoms with Crippen molar-refractivity contribution in [3.05, 3.63) is 63.6 Å². The molecular formula is C16H14BrClN2O2. The highest BCUT2D eigenvalue weighted by Gasteiger charge is 2.19. The lowest BCUT2D eigenvalue weighted by Gasteiger charge is -2.17. The van der Waals surface area contributed by atoms with Crippen molar-refractivity contribution in [3.63, 3.8) is 0 Å². The number of carbonyl (C=O) groups excluding carboxylic acids is 2. The van der Waals surface area contributed by atoms with E-state index in [4.69, 9.17) is 11.6 Å². The van der Waals surface area contributed by atoms with Crippen LogP contribution in [-0.2, 0) is 16.1 Å². The molecule has 22 heavy (non-hydrogen) atoms. The van der Waals surface area contributed by atoms with Gasteiger partial charge in [0.15, 0.2) is 0 Å². The van der Waals surface area contributed by atoms with Crippen molar-refractivity contribution >= 4 is 45.0 Å². The summed E-state index contributed by atoms with van der Waals surface area (Å²) >= 11 is 9.30. The number of hydrogen-bond donors (Lipinski definition) is 1. The molecule has 0 heterocycles. The summed E-state index contributed by atoms with van der Waals surface area (Å²) in [6.45, 7) is 0.362. The van der Waals surface area contributed by atoms with Crippen molar-refractivity contribution in [2.75, 3.05) is 12.4 Å². The summed E-state index contributed by atoms with van der Waals surface area (Å²) in [7, 11) is 1.58. The number of halogens is 2. The predicted octanol–water partition coefficient (Wildman–Crippen LogP) is 3.70. The Bertz CT molecular complexity index is 692. The summed E-state index contributed by atoms with van der Waals surface area (Å²) in [4.78, 5) is 25.5. The van der Waals surface area contributed by atoms with Crippen LogP contribution < -0.4 is 5.32 Å². The van der Waals surface area contributed by atoms with Crippen LogP contribution in [0.1, 0.15) is 5.56 Å². The zero-order valence-electron chi connectivity index (χ0n) is 11.8. The Hall–Kier alpha value is -1.85. The third-order valence-electron chi connectivity index (χ3n) is 2.98. The Kier molecular flexibility index (Phi) is 5.57. The first-order chi connectivity index (χ1) is 10.5. The van der Waals surface area contributed by atoms with Crippen LogP contribution in [0.4, 0.5) is 5.69 Å². The Balaban J connectivity index is 2.01. The number of nitrogens with one attached hydrogen (secondary N) is 1. The van der Waals surface area contributed by atoms with E-state index in [1.165, 1.54) is 4.90 Å². The second kappa shape index (κ2) is 7.42. The molecule has 6 heteroatoms. The first-order valence-electron chi connectivity index (χ1n) is 6.53. The lowest BCUT2D eigenvalue weighted by molar-refractivity contribution is -0.142. The topological polar surface area (TPSA) is 49.4 Å². The highest BCUT2D eigenvalue weighted by atomic mass is 79.9. The molecule has 0 aliphatic rings. The van der Waals surface area contributed by atoms with Gasteiger partial charge in [-0.2, -0.15) is 0 Å². The molecule has 4 nitrogen and oxygen atoms in total. The van der Waals surface area contributed by atoms with Gasteiger partial charge in [0.25, 0.3) is 0 Å². The summed E-state index contributed by atoms with van der Waals surface area (Å²) < 4.78 is 0.794. The largest absolute Gasteiger partial charge is 0.333 e. The summed E-state index contributed by atoms with van der Waals surface area (Å²) in [5, 5.41) is 2.88. The van der Waals surface area contributed by atoms with Gasteiger partial charge in [-0.15, -0.1) is 0 Å². The minimum Gasteiger partial charge on any atom is -0.333 e. The Morgan fingerprint density at radius 3 is 2.50 bits per heavy atom. The molecule has 0 fully saturated rings. The molecule has 2 amide bonds. The van der Waals surface area contributed by atoms with Gasteiger partial charge < -0.3 is 10.2 Å². The second-order valence-corrected chi connectivity index (χ2v) is 6.05. The minimum atomic E-state index is -0.720. The van der Waals surface area contributed by atoms with Crippen LogP contribution in [0.2, 0.25) is 5.02 Å². The number of amides is 2. The van der Waals surface area contributed by atoms with Gasteiger partial charge in [0.1, 0.15) is 0 Å². The molecular weight excluding hydrogens is 368 g/mol. The van der Waals surface area contributed by atoms with Crippen LogP contribution in [0, 0.1) is 0 Å². The van der Waals surface area contributed by atoms with Crippen LogP contribution in [0.25, 0.3) is 0 Å². The average Bonchev–Trinajstić information content (AvgIpc) is 2.50. The summed E-state index contributed by atoms with van der Waals surface area (Å²) in [5.74, 6) is -1.34. The van der Waals surface area contributed by atoms with E-state index in [0.29, 0.717) is 17.3 Å². The number of carbonyl (C=O) groups is 2. The molecule has 114 valence electrons. The highest BCUT2D eigenvalue weighted by Crippen LogP contribution is 2.25. The lowest BCUT2D eigenvalue weighted by atomic mass is 10.2. The van der Waals surface area contributed by atoms with Gasteiger partial charge in [-0.05, 0) is 23.8 Å². The standard InChI is InChI=1S/C16H14BrClN2O2/c1-20(10-11-5-3-2-4-6-11)16(22)15(21)19-14-8-7-12(17)9-13(14)18/h2-9H,10H2,1H3,(H,19,21). The van der Waals surface area contributed by atoms with Gasteiger partial charge in [0, 0.05) is 18.1 Å². The predicted molar refractivity (Wildman–Crippen MR) is 90.7 cm³/mol. The number of rotatable bonds is 3. The zero-order valence-corrected chi connectivity index (χ0v) is 14.2. The average molecular weight is 382 g/mol. The van der Waals surface area contributed by atoms with Crippen LogP contribution in [0.15, 0.2) is 53.0 Å². The number of nitrogens with zero attached hydrogens (tertiary/aromatic N) is 1. The molecule has 0 bridgehead atoms. The first-order valence-corrected chi connectivity index (χ1v) is 7.70. The van der Waals surface area contributed by atoms with Gasteiger partial charge >= 0.3 is 11.8 Å². The SMILES string of the molecule is CN(Cc1ccccc1)C(=O)C(=O)Nc1ccc(Br)cc1Cl. The fourth-order valence-electron chi connectivity index (χ4n) is 1.87. The van der Waals surface area contributed by atoms with Gasteiger partial charge in [-0.3, -0.25) is 9.59 Å². The molecule has 0 aromatic heterocycles. The first kappa shape index (κ1) is 16.5. The maximum absolute atomic E-state index is 12.1. The third kappa shape index (κ3) is 4.32.